The van der Waals surface area contributed by atoms with Crippen LogP contribution in [0.2, 0.25) is 0 Å². The van der Waals surface area contributed by atoms with Crippen molar-refractivity contribution < 1.29 is 9.53 Å². The molecule has 0 N–H and O–H groups in total. The molecule has 0 aromatic rings. The summed E-state index contributed by atoms with van der Waals surface area (Å²) >= 11 is 0. The molecule has 1 fully saturated rings. The maximum Gasteiger partial charge on any atom is 0.316 e. The Morgan fingerprint density at radius 1 is 1.20 bits per heavy atom. The highest BCUT2D eigenvalue weighted by Crippen LogP contribution is 2.41. The average Bonchev–Trinajstić information content (AvgIpc) is 2.45. The summed E-state index contributed by atoms with van der Waals surface area (Å²) in [5, 5.41) is -0.482. The van der Waals surface area contributed by atoms with E-state index in [-0.39, 0.29) is 17.5 Å². The van der Waals surface area contributed by atoms with E-state index < -0.39 is 5.16 Å². The summed E-state index contributed by atoms with van der Waals surface area (Å²) in [6.45, 7) is 10.5. The molecule has 2 atom stereocenters. The molecule has 1 aliphatic carbocycles. The van der Waals surface area contributed by atoms with Crippen molar-refractivity contribution in [2.24, 2.45) is 11.8 Å². The summed E-state index contributed by atoms with van der Waals surface area (Å²) < 4.78 is 6.14. The van der Waals surface area contributed by atoms with Gasteiger partial charge < -0.3 is 4.74 Å². The van der Waals surface area contributed by atoms with Gasteiger partial charge in [-0.25, -0.2) is 0 Å². The Morgan fingerprint density at radius 3 is 2.10 bits per heavy atom. The van der Waals surface area contributed by atoms with Crippen molar-refractivity contribution in [3.05, 3.63) is 0 Å². The lowest BCUT2D eigenvalue weighted by Gasteiger charge is -2.43. The zero-order valence-electron chi connectivity index (χ0n) is 14.0. The summed E-state index contributed by atoms with van der Waals surface area (Å²) in [5.41, 5.74) is -0.246. The van der Waals surface area contributed by atoms with E-state index in [1.807, 2.05) is 6.92 Å². The molecular formula is C17H33O2P. The van der Waals surface area contributed by atoms with E-state index in [4.69, 9.17) is 4.74 Å². The molecule has 0 amide bonds. The van der Waals surface area contributed by atoms with Gasteiger partial charge in [0.25, 0.3) is 0 Å². The predicted molar refractivity (Wildman–Crippen MR) is 88.9 cm³/mol. The molecule has 0 saturated heterocycles. The van der Waals surface area contributed by atoms with Crippen LogP contribution < -0.4 is 0 Å². The second kappa shape index (κ2) is 7.25. The minimum absolute atomic E-state index is 0.0493. The quantitative estimate of drug-likeness (QED) is 0.512. The Morgan fingerprint density at radius 2 is 1.70 bits per heavy atom. The molecule has 0 heterocycles. The Bertz CT molecular complexity index is 313. The highest BCUT2D eigenvalue weighted by atomic mass is 31.0. The van der Waals surface area contributed by atoms with Crippen molar-refractivity contribution in [1.29, 1.82) is 0 Å². The van der Waals surface area contributed by atoms with Gasteiger partial charge in [0.2, 0.25) is 0 Å². The summed E-state index contributed by atoms with van der Waals surface area (Å²) in [6.07, 6.45) is 8.19. The lowest BCUT2D eigenvalue weighted by atomic mass is 9.74. The third-order valence-corrected chi connectivity index (χ3v) is 6.38. The van der Waals surface area contributed by atoms with Gasteiger partial charge >= 0.3 is 5.97 Å². The zero-order chi connectivity index (χ0) is 15.4. The van der Waals surface area contributed by atoms with Crippen LogP contribution in [0.15, 0.2) is 0 Å². The molecule has 1 aliphatic rings. The number of carbonyl (C=O) groups excluding carboxylic acids is 1. The molecule has 3 heteroatoms. The molecule has 0 bridgehead atoms. The molecular weight excluding hydrogens is 267 g/mol. The van der Waals surface area contributed by atoms with Crippen molar-refractivity contribution in [3.8, 4) is 0 Å². The topological polar surface area (TPSA) is 26.3 Å². The fraction of sp³-hybridized carbons (Fsp3) is 0.941. The van der Waals surface area contributed by atoms with Crippen LogP contribution in [0.3, 0.4) is 0 Å². The summed E-state index contributed by atoms with van der Waals surface area (Å²) in [7, 11) is 2.70. The van der Waals surface area contributed by atoms with Crippen molar-refractivity contribution in [2.75, 3.05) is 0 Å². The van der Waals surface area contributed by atoms with Crippen molar-refractivity contribution in [1.82, 2.24) is 0 Å². The predicted octanol–water partition coefficient (Wildman–Crippen LogP) is 4.96. The second-order valence-corrected chi connectivity index (χ2v) is 8.13. The minimum atomic E-state index is -0.482. The number of hydrogen-bond acceptors (Lipinski definition) is 2. The SMILES string of the molecule is CCC(CC)(OC(=O)C(C)(P)C(C)C)C1CCCCC1. The second-order valence-electron chi connectivity index (χ2n) is 6.93. The van der Waals surface area contributed by atoms with E-state index in [0.29, 0.717) is 5.92 Å². The monoisotopic (exact) mass is 300 g/mol. The fourth-order valence-electron chi connectivity index (χ4n) is 3.21. The molecule has 118 valence electrons. The normalized spacial score (nSPS) is 20.8. The molecule has 0 radical (unpaired) electrons. The maximum atomic E-state index is 12.6. The van der Waals surface area contributed by atoms with Crippen LogP contribution >= 0.6 is 9.24 Å². The number of ether oxygens (including phenoxy) is 1. The van der Waals surface area contributed by atoms with E-state index in [1.165, 1.54) is 32.1 Å². The molecule has 0 aliphatic heterocycles. The molecule has 0 aromatic carbocycles. The van der Waals surface area contributed by atoms with E-state index in [0.717, 1.165) is 12.8 Å². The van der Waals surface area contributed by atoms with Crippen LogP contribution in [0.1, 0.15) is 79.6 Å². The standard InChI is InChI=1S/C17H33O2P/c1-6-17(7-2,14-11-9-8-10-12-14)19-15(18)16(5,20)13(3)4/h13-14H,6-12,20H2,1-5H3. The van der Waals surface area contributed by atoms with Crippen LogP contribution in [0.4, 0.5) is 0 Å². The van der Waals surface area contributed by atoms with Crippen molar-refractivity contribution in [2.45, 2.75) is 90.3 Å². The van der Waals surface area contributed by atoms with Gasteiger partial charge in [-0.15, -0.1) is 9.24 Å². The van der Waals surface area contributed by atoms with Gasteiger partial charge in [0.15, 0.2) is 0 Å². The van der Waals surface area contributed by atoms with Crippen LogP contribution in [-0.4, -0.2) is 16.7 Å². The lowest BCUT2D eigenvalue weighted by Crippen LogP contribution is -2.47. The molecule has 2 nitrogen and oxygen atoms in total. The number of hydrogen-bond donors (Lipinski definition) is 0. The highest BCUT2D eigenvalue weighted by molar-refractivity contribution is 7.20. The third-order valence-electron chi connectivity index (χ3n) is 5.48. The van der Waals surface area contributed by atoms with E-state index in [2.05, 4.69) is 36.9 Å². The molecule has 0 spiro atoms. The number of carbonyl (C=O) groups is 1. The Balaban J connectivity index is 2.88. The lowest BCUT2D eigenvalue weighted by molar-refractivity contribution is -0.173. The van der Waals surface area contributed by atoms with E-state index >= 15 is 0 Å². The van der Waals surface area contributed by atoms with Gasteiger partial charge in [-0.2, -0.15) is 0 Å². The zero-order valence-corrected chi connectivity index (χ0v) is 15.2. The summed E-state index contributed by atoms with van der Waals surface area (Å²) in [4.78, 5) is 12.6. The first-order valence-electron chi connectivity index (χ1n) is 8.32. The molecule has 1 saturated carbocycles. The van der Waals surface area contributed by atoms with Crippen molar-refractivity contribution >= 4 is 15.2 Å². The first-order valence-corrected chi connectivity index (χ1v) is 8.90. The van der Waals surface area contributed by atoms with Crippen LogP contribution in [0.5, 0.6) is 0 Å². The highest BCUT2D eigenvalue weighted by Gasteiger charge is 2.43. The van der Waals surface area contributed by atoms with Gasteiger partial charge in [0.05, 0.1) is 5.16 Å². The van der Waals surface area contributed by atoms with Crippen LogP contribution in [-0.2, 0) is 9.53 Å². The first kappa shape index (κ1) is 18.0. The van der Waals surface area contributed by atoms with E-state index in [9.17, 15) is 4.79 Å². The largest absolute Gasteiger partial charge is 0.458 e. The number of rotatable bonds is 6. The Labute approximate surface area is 127 Å². The van der Waals surface area contributed by atoms with Gasteiger partial charge in [0.1, 0.15) is 5.60 Å². The molecule has 20 heavy (non-hydrogen) atoms. The van der Waals surface area contributed by atoms with Crippen LogP contribution in [0.25, 0.3) is 0 Å². The van der Waals surface area contributed by atoms with Crippen LogP contribution in [0, 0.1) is 11.8 Å². The van der Waals surface area contributed by atoms with Crippen molar-refractivity contribution in [3.63, 3.8) is 0 Å². The number of esters is 1. The fourth-order valence-corrected chi connectivity index (χ4v) is 3.27. The molecule has 1 rings (SSSR count). The first-order chi connectivity index (χ1) is 9.30. The average molecular weight is 300 g/mol. The maximum absolute atomic E-state index is 12.6. The van der Waals surface area contributed by atoms with Gasteiger partial charge in [-0.1, -0.05) is 47.0 Å². The molecule has 0 aromatic heterocycles. The van der Waals surface area contributed by atoms with Gasteiger partial charge in [0, 0.05) is 0 Å². The summed E-state index contributed by atoms with van der Waals surface area (Å²) in [6, 6.07) is 0. The molecule has 2 unspecified atom stereocenters. The smallest absolute Gasteiger partial charge is 0.316 e. The van der Waals surface area contributed by atoms with E-state index in [1.54, 1.807) is 0 Å². The Kier molecular flexibility index (Phi) is 6.51. The Hall–Kier alpha value is -0.100. The van der Waals surface area contributed by atoms with Gasteiger partial charge in [-0.05, 0) is 44.4 Å². The minimum Gasteiger partial charge on any atom is -0.458 e. The van der Waals surface area contributed by atoms with Gasteiger partial charge in [-0.3, -0.25) is 4.79 Å². The third kappa shape index (κ3) is 3.75. The summed E-state index contributed by atoms with van der Waals surface area (Å²) in [5.74, 6) is 0.757.